The fourth-order valence-electron chi connectivity index (χ4n) is 3.53. The zero-order valence-corrected chi connectivity index (χ0v) is 17.3. The summed E-state index contributed by atoms with van der Waals surface area (Å²) in [5.41, 5.74) is 2.26. The van der Waals surface area contributed by atoms with Gasteiger partial charge >= 0.3 is 0 Å². The van der Waals surface area contributed by atoms with Crippen molar-refractivity contribution in [1.82, 2.24) is 5.48 Å². The second-order valence-corrected chi connectivity index (χ2v) is 11.8. The molecule has 2 aromatic rings. The smallest absolute Gasteiger partial charge is 0.261 e. The molecule has 0 saturated heterocycles. The van der Waals surface area contributed by atoms with Crippen molar-refractivity contribution in [1.29, 1.82) is 0 Å². The highest BCUT2D eigenvalue weighted by molar-refractivity contribution is 6.99. The molecule has 0 amide bonds. The van der Waals surface area contributed by atoms with Crippen molar-refractivity contribution in [2.45, 2.75) is 45.3 Å². The monoisotopic (exact) mass is 369 g/mol. The van der Waals surface area contributed by atoms with E-state index in [0.29, 0.717) is 13.0 Å². The maximum Gasteiger partial charge on any atom is 0.261 e. The van der Waals surface area contributed by atoms with Gasteiger partial charge in [-0.2, -0.15) is 0 Å². The quantitative estimate of drug-likeness (QED) is 0.421. The number of nitrogens with one attached hydrogen (secondary N) is 1. The Morgan fingerprint density at radius 3 is 1.88 bits per heavy atom. The van der Waals surface area contributed by atoms with E-state index in [1.54, 1.807) is 0 Å². The van der Waals surface area contributed by atoms with Crippen molar-refractivity contribution in [3.8, 4) is 0 Å². The van der Waals surface area contributed by atoms with Crippen LogP contribution in [0.25, 0.3) is 0 Å². The first-order valence-corrected chi connectivity index (χ1v) is 11.1. The molecule has 26 heavy (non-hydrogen) atoms. The van der Waals surface area contributed by atoms with Crippen LogP contribution in [0.1, 0.15) is 34.1 Å². The van der Waals surface area contributed by atoms with Gasteiger partial charge in [0.2, 0.25) is 0 Å². The van der Waals surface area contributed by atoms with Crippen LogP contribution in [0.5, 0.6) is 0 Å². The van der Waals surface area contributed by atoms with Gasteiger partial charge in [-0.1, -0.05) is 93.6 Å². The summed E-state index contributed by atoms with van der Waals surface area (Å²) in [5.74, 6) is 0. The minimum atomic E-state index is -2.56. The Hall–Kier alpha value is -1.72. The minimum Gasteiger partial charge on any atom is -0.401 e. The standard InChI is InChI=1S/C22H31NO2Si/c1-5-12-19(17-18-23-24)25-26(22(2,3)4,20-13-8-6-9-14-20)21-15-10-7-11-16-21/h5-16,19,23-24H,17-18H2,1-4H3/b12-5+. The molecule has 0 fully saturated rings. The summed E-state index contributed by atoms with van der Waals surface area (Å²) in [5, 5.41) is 11.5. The van der Waals surface area contributed by atoms with Gasteiger partial charge in [0, 0.05) is 6.54 Å². The molecule has 0 spiro atoms. The van der Waals surface area contributed by atoms with Crippen LogP contribution in [0, 0.1) is 0 Å². The van der Waals surface area contributed by atoms with E-state index < -0.39 is 8.32 Å². The summed E-state index contributed by atoms with van der Waals surface area (Å²) in [7, 11) is -2.56. The predicted molar refractivity (Wildman–Crippen MR) is 112 cm³/mol. The molecule has 2 rings (SSSR count). The second-order valence-electron chi connectivity index (χ2n) is 7.54. The SMILES string of the molecule is C/C=C/C(CCNO)O[Si](c1ccccc1)(c1ccccc1)C(C)(C)C. The van der Waals surface area contributed by atoms with Crippen molar-refractivity contribution in [3.63, 3.8) is 0 Å². The number of allylic oxidation sites excluding steroid dienone is 1. The lowest BCUT2D eigenvalue weighted by molar-refractivity contribution is 0.143. The molecule has 2 aromatic carbocycles. The molecule has 0 aromatic heterocycles. The highest BCUT2D eigenvalue weighted by atomic mass is 28.4. The van der Waals surface area contributed by atoms with E-state index in [4.69, 9.17) is 9.63 Å². The van der Waals surface area contributed by atoms with E-state index >= 15 is 0 Å². The van der Waals surface area contributed by atoms with E-state index in [9.17, 15) is 0 Å². The van der Waals surface area contributed by atoms with E-state index in [0.717, 1.165) is 0 Å². The average molecular weight is 370 g/mol. The summed E-state index contributed by atoms with van der Waals surface area (Å²) >= 11 is 0. The molecular formula is C22H31NO2Si. The van der Waals surface area contributed by atoms with Gasteiger partial charge in [0.05, 0.1) is 6.10 Å². The summed E-state index contributed by atoms with van der Waals surface area (Å²) in [6.45, 7) is 9.32. The first-order valence-electron chi connectivity index (χ1n) is 9.24. The third-order valence-electron chi connectivity index (χ3n) is 4.69. The van der Waals surface area contributed by atoms with Crippen molar-refractivity contribution in [2.75, 3.05) is 6.54 Å². The number of hydrogen-bond donors (Lipinski definition) is 2. The summed E-state index contributed by atoms with van der Waals surface area (Å²) in [4.78, 5) is 0. The first kappa shape index (κ1) is 20.6. The van der Waals surface area contributed by atoms with E-state index in [1.165, 1.54) is 10.4 Å². The summed E-state index contributed by atoms with van der Waals surface area (Å²) in [6.07, 6.45) is 4.77. The average Bonchev–Trinajstić information content (AvgIpc) is 2.64. The Morgan fingerprint density at radius 2 is 1.50 bits per heavy atom. The Labute approximate surface area is 158 Å². The van der Waals surface area contributed by atoms with Crippen LogP contribution >= 0.6 is 0 Å². The molecule has 0 aliphatic rings. The molecule has 3 nitrogen and oxygen atoms in total. The number of hydrogen-bond acceptors (Lipinski definition) is 3. The number of rotatable bonds is 8. The van der Waals surface area contributed by atoms with Crippen LogP contribution in [0.2, 0.25) is 5.04 Å². The van der Waals surface area contributed by atoms with E-state index in [1.807, 2.05) is 13.0 Å². The molecular weight excluding hydrogens is 338 g/mol. The van der Waals surface area contributed by atoms with Gasteiger partial charge in [-0.25, -0.2) is 5.48 Å². The number of benzene rings is 2. The highest BCUT2D eigenvalue weighted by Crippen LogP contribution is 2.37. The Balaban J connectivity index is 2.63. The molecule has 4 heteroatoms. The molecule has 0 saturated carbocycles. The van der Waals surface area contributed by atoms with Crippen LogP contribution in [0.3, 0.4) is 0 Å². The molecule has 1 unspecified atom stereocenters. The van der Waals surface area contributed by atoms with E-state index in [-0.39, 0.29) is 11.1 Å². The molecule has 0 bridgehead atoms. The van der Waals surface area contributed by atoms with Crippen LogP contribution in [0.15, 0.2) is 72.8 Å². The van der Waals surface area contributed by atoms with Gasteiger partial charge in [-0.05, 0) is 28.8 Å². The van der Waals surface area contributed by atoms with Gasteiger partial charge < -0.3 is 9.63 Å². The van der Waals surface area contributed by atoms with Crippen molar-refractivity contribution in [3.05, 3.63) is 72.8 Å². The van der Waals surface area contributed by atoms with Crippen LogP contribution in [-0.4, -0.2) is 26.2 Å². The molecule has 0 heterocycles. The fraction of sp³-hybridized carbons (Fsp3) is 0.364. The molecule has 1 atom stereocenters. The Bertz CT molecular complexity index is 641. The number of hydroxylamine groups is 1. The normalized spacial score (nSPS) is 13.9. The Morgan fingerprint density at radius 1 is 1.00 bits per heavy atom. The van der Waals surface area contributed by atoms with Gasteiger partial charge in [-0.3, -0.25) is 0 Å². The third kappa shape index (κ3) is 4.51. The van der Waals surface area contributed by atoms with Crippen LogP contribution in [-0.2, 0) is 4.43 Å². The highest BCUT2D eigenvalue weighted by Gasteiger charge is 2.51. The van der Waals surface area contributed by atoms with E-state index in [2.05, 4.69) is 93.0 Å². The van der Waals surface area contributed by atoms with Crippen molar-refractivity contribution < 1.29 is 9.63 Å². The molecule has 2 N–H and O–H groups in total. The largest absolute Gasteiger partial charge is 0.401 e. The minimum absolute atomic E-state index is 0.0534. The lowest BCUT2D eigenvalue weighted by atomic mass is 10.2. The zero-order valence-electron chi connectivity index (χ0n) is 16.3. The van der Waals surface area contributed by atoms with Crippen molar-refractivity contribution in [2.24, 2.45) is 0 Å². The van der Waals surface area contributed by atoms with Crippen LogP contribution in [0.4, 0.5) is 0 Å². The molecule has 0 aliphatic carbocycles. The van der Waals surface area contributed by atoms with Crippen molar-refractivity contribution >= 4 is 18.7 Å². The first-order chi connectivity index (χ1) is 12.5. The topological polar surface area (TPSA) is 41.5 Å². The lowest BCUT2D eigenvalue weighted by Crippen LogP contribution is -2.67. The Kier molecular flexibility index (Phi) is 7.35. The molecule has 0 radical (unpaired) electrons. The fourth-order valence-corrected chi connectivity index (χ4v) is 8.20. The molecule has 0 aliphatic heterocycles. The van der Waals surface area contributed by atoms with Gasteiger partial charge in [-0.15, -0.1) is 0 Å². The maximum atomic E-state index is 9.06. The summed E-state index contributed by atoms with van der Waals surface area (Å²) in [6, 6.07) is 21.3. The van der Waals surface area contributed by atoms with Gasteiger partial charge in [0.15, 0.2) is 0 Å². The summed E-state index contributed by atoms with van der Waals surface area (Å²) < 4.78 is 7.02. The third-order valence-corrected chi connectivity index (χ3v) is 9.75. The zero-order chi connectivity index (χ0) is 19.0. The van der Waals surface area contributed by atoms with Gasteiger partial charge in [0.1, 0.15) is 0 Å². The van der Waals surface area contributed by atoms with Crippen LogP contribution < -0.4 is 15.9 Å². The molecule has 140 valence electrons. The lowest BCUT2D eigenvalue weighted by Gasteiger charge is -2.44. The predicted octanol–water partition coefficient (Wildman–Crippen LogP) is 3.88. The second kappa shape index (κ2) is 9.28. The van der Waals surface area contributed by atoms with Gasteiger partial charge in [0.25, 0.3) is 8.32 Å². The maximum absolute atomic E-state index is 9.06.